The summed E-state index contributed by atoms with van der Waals surface area (Å²) in [5, 5.41) is 7.28. The fourth-order valence-electron chi connectivity index (χ4n) is 5.17. The molecule has 0 N–H and O–H groups in total. The average Bonchev–Trinajstić information content (AvgIpc) is 3.64. The third-order valence-corrected chi connectivity index (χ3v) is 7.45. The van der Waals surface area contributed by atoms with Crippen LogP contribution in [-0.2, 0) is 4.74 Å². The molecule has 190 valence electrons. The van der Waals surface area contributed by atoms with E-state index in [1.54, 1.807) is 23.3 Å². The molecule has 1 aromatic heterocycles. The fourth-order valence-corrected chi connectivity index (χ4v) is 5.43. The van der Waals surface area contributed by atoms with Crippen molar-refractivity contribution in [3.05, 3.63) is 70.1 Å². The van der Waals surface area contributed by atoms with Crippen molar-refractivity contribution >= 4 is 51.1 Å². The predicted molar refractivity (Wildman–Crippen MR) is 145 cm³/mol. The summed E-state index contributed by atoms with van der Waals surface area (Å²) in [5.41, 5.74) is 2.63. The van der Waals surface area contributed by atoms with Gasteiger partial charge in [-0.15, -0.1) is 0 Å². The van der Waals surface area contributed by atoms with E-state index < -0.39 is 5.82 Å². The first-order valence-corrected chi connectivity index (χ1v) is 13.1. The van der Waals surface area contributed by atoms with Gasteiger partial charge in [0.1, 0.15) is 11.7 Å². The molecule has 0 amide bonds. The van der Waals surface area contributed by atoms with Gasteiger partial charge in [0.05, 0.1) is 17.0 Å². The highest BCUT2D eigenvalue weighted by Gasteiger charge is 2.30. The molecule has 3 aromatic carbocycles. The molecule has 1 aliphatic heterocycles. The van der Waals surface area contributed by atoms with Gasteiger partial charge in [0, 0.05) is 48.8 Å². The van der Waals surface area contributed by atoms with E-state index in [1.165, 1.54) is 6.07 Å². The lowest BCUT2D eigenvalue weighted by Gasteiger charge is -2.22. The Morgan fingerprint density at radius 1 is 1.16 bits per heavy atom. The van der Waals surface area contributed by atoms with Crippen molar-refractivity contribution in [3.63, 3.8) is 0 Å². The highest BCUT2D eigenvalue weighted by Crippen LogP contribution is 2.48. The van der Waals surface area contributed by atoms with Gasteiger partial charge in [0.15, 0.2) is 11.6 Å². The number of ether oxygens (including phenoxy) is 1. The van der Waals surface area contributed by atoms with Crippen molar-refractivity contribution in [2.45, 2.75) is 44.2 Å². The number of aliphatic imine (C=N–C) groups is 1. The summed E-state index contributed by atoms with van der Waals surface area (Å²) in [6.07, 6.45) is 8.11. The Morgan fingerprint density at radius 3 is 2.73 bits per heavy atom. The Kier molecular flexibility index (Phi) is 6.21. The molecular weight excluding hydrogens is 491 g/mol. The number of hydrogen-bond acceptors (Lipinski definition) is 4. The maximum absolute atomic E-state index is 14.9. The molecule has 0 bridgehead atoms. The number of nitrogens with zero attached hydrogens (tertiary/aromatic N) is 4. The molecule has 6 nitrogen and oxygen atoms in total. The van der Waals surface area contributed by atoms with E-state index in [-0.39, 0.29) is 17.5 Å². The molecule has 2 fully saturated rings. The number of carbonyl (C=O) groups excluding carboxylic acids is 1. The van der Waals surface area contributed by atoms with E-state index in [2.05, 4.69) is 5.10 Å². The molecule has 1 saturated heterocycles. The maximum atomic E-state index is 14.9. The SMILES string of the molecule is CN(C)/C=N/c1c(C(=O)c2ccc(F)c3nn(C4CCCCO4)cc23)cc(C2CC2)c2cccc(Cl)c12. The van der Waals surface area contributed by atoms with Gasteiger partial charge in [0.25, 0.3) is 0 Å². The standard InChI is InChI=1S/C29H28ClFN4O2/c1-34(2)16-32-28-21(14-20(17-9-10-17)18-6-5-7-23(30)26(18)28)29(36)19-11-12-24(31)27-22(19)15-35(33-27)25-8-3-4-13-37-25/h5-7,11-12,14-17,25H,3-4,8-10,13H2,1-2H3/b32-16+. The number of hydrogen-bond donors (Lipinski definition) is 0. The third kappa shape index (κ3) is 4.40. The van der Waals surface area contributed by atoms with E-state index in [1.807, 2.05) is 43.3 Å². The maximum Gasteiger partial charge on any atom is 0.195 e. The van der Waals surface area contributed by atoms with Gasteiger partial charge in [-0.1, -0.05) is 23.7 Å². The smallest absolute Gasteiger partial charge is 0.195 e. The monoisotopic (exact) mass is 518 g/mol. The molecule has 37 heavy (non-hydrogen) atoms. The first kappa shape index (κ1) is 24.1. The zero-order chi connectivity index (χ0) is 25.7. The Bertz CT molecular complexity index is 1550. The lowest BCUT2D eigenvalue weighted by atomic mass is 9.91. The Hall–Kier alpha value is -3.29. The first-order valence-electron chi connectivity index (χ1n) is 12.7. The zero-order valence-electron chi connectivity index (χ0n) is 20.9. The van der Waals surface area contributed by atoms with Crippen LogP contribution in [0, 0.1) is 5.82 Å². The quantitative estimate of drug-likeness (QED) is 0.156. The van der Waals surface area contributed by atoms with Crippen LogP contribution in [0.2, 0.25) is 5.02 Å². The topological polar surface area (TPSA) is 59.7 Å². The number of aromatic nitrogens is 2. The second kappa shape index (κ2) is 9.54. The average molecular weight is 519 g/mol. The number of rotatable bonds is 6. The van der Waals surface area contributed by atoms with Crippen LogP contribution in [0.3, 0.4) is 0 Å². The van der Waals surface area contributed by atoms with E-state index in [9.17, 15) is 9.18 Å². The minimum Gasteiger partial charge on any atom is -0.369 e. The van der Waals surface area contributed by atoms with E-state index in [4.69, 9.17) is 21.3 Å². The van der Waals surface area contributed by atoms with Crippen molar-refractivity contribution in [1.82, 2.24) is 14.7 Å². The molecule has 1 aliphatic carbocycles. The van der Waals surface area contributed by atoms with Gasteiger partial charge in [-0.3, -0.25) is 4.79 Å². The van der Waals surface area contributed by atoms with Gasteiger partial charge in [0.2, 0.25) is 0 Å². The molecule has 1 atom stereocenters. The first-order chi connectivity index (χ1) is 17.9. The molecule has 1 saturated carbocycles. The van der Waals surface area contributed by atoms with Crippen LogP contribution in [-0.4, -0.2) is 47.5 Å². The molecule has 0 spiro atoms. The van der Waals surface area contributed by atoms with Gasteiger partial charge in [-0.2, -0.15) is 5.10 Å². The minimum absolute atomic E-state index is 0.166. The Labute approximate surface area is 219 Å². The van der Waals surface area contributed by atoms with Crippen LogP contribution in [0.1, 0.15) is 65.7 Å². The van der Waals surface area contributed by atoms with Gasteiger partial charge in [-0.25, -0.2) is 14.1 Å². The minimum atomic E-state index is -0.466. The Balaban J connectivity index is 1.56. The van der Waals surface area contributed by atoms with Crippen LogP contribution >= 0.6 is 11.6 Å². The van der Waals surface area contributed by atoms with Crippen LogP contribution in [0.5, 0.6) is 0 Å². The zero-order valence-corrected chi connectivity index (χ0v) is 21.6. The van der Waals surface area contributed by atoms with Crippen LogP contribution in [0.4, 0.5) is 10.1 Å². The largest absolute Gasteiger partial charge is 0.369 e. The van der Waals surface area contributed by atoms with Gasteiger partial charge < -0.3 is 9.64 Å². The predicted octanol–water partition coefficient (Wildman–Crippen LogP) is 7.01. The third-order valence-electron chi connectivity index (χ3n) is 7.14. The number of ketones is 1. The number of halogens is 2. The van der Waals surface area contributed by atoms with Gasteiger partial charge in [-0.05, 0) is 73.2 Å². The molecule has 8 heteroatoms. The molecule has 2 aliphatic rings. The highest BCUT2D eigenvalue weighted by atomic mass is 35.5. The number of carbonyl (C=O) groups is 1. The van der Waals surface area contributed by atoms with Crippen LogP contribution in [0.15, 0.2) is 47.6 Å². The summed E-state index contributed by atoms with van der Waals surface area (Å²) < 4.78 is 22.4. The summed E-state index contributed by atoms with van der Waals surface area (Å²) in [4.78, 5) is 20.8. The van der Waals surface area contributed by atoms with E-state index >= 15 is 0 Å². The van der Waals surface area contributed by atoms with Crippen molar-refractivity contribution in [2.24, 2.45) is 4.99 Å². The summed E-state index contributed by atoms with van der Waals surface area (Å²) >= 11 is 6.73. The van der Waals surface area contributed by atoms with Gasteiger partial charge >= 0.3 is 0 Å². The summed E-state index contributed by atoms with van der Waals surface area (Å²) in [5.74, 6) is -0.310. The summed E-state index contributed by atoms with van der Waals surface area (Å²) in [6.45, 7) is 0.643. The molecule has 0 radical (unpaired) electrons. The number of fused-ring (bicyclic) bond motifs is 2. The highest BCUT2D eigenvalue weighted by molar-refractivity contribution is 6.37. The Morgan fingerprint density at radius 2 is 2.00 bits per heavy atom. The lowest BCUT2D eigenvalue weighted by Crippen LogP contribution is -2.18. The summed E-state index contributed by atoms with van der Waals surface area (Å²) in [6, 6.07) is 10.6. The van der Waals surface area contributed by atoms with Crippen molar-refractivity contribution in [2.75, 3.05) is 20.7 Å². The van der Waals surface area contributed by atoms with Crippen LogP contribution < -0.4 is 0 Å². The second-order valence-electron chi connectivity index (χ2n) is 10.1. The van der Waals surface area contributed by atoms with E-state index in [0.717, 1.165) is 48.4 Å². The molecule has 2 heterocycles. The normalized spacial score (nSPS) is 18.2. The second-order valence-corrected chi connectivity index (χ2v) is 10.5. The lowest BCUT2D eigenvalue weighted by molar-refractivity contribution is -0.0391. The molecular formula is C29H28ClFN4O2. The van der Waals surface area contributed by atoms with Crippen molar-refractivity contribution < 1.29 is 13.9 Å². The van der Waals surface area contributed by atoms with Crippen LogP contribution in [0.25, 0.3) is 21.7 Å². The molecule has 1 unspecified atom stereocenters. The van der Waals surface area contributed by atoms with E-state index in [0.29, 0.717) is 39.7 Å². The fraction of sp³-hybridized carbons (Fsp3) is 0.345. The van der Waals surface area contributed by atoms with Crippen molar-refractivity contribution in [1.29, 1.82) is 0 Å². The van der Waals surface area contributed by atoms with Crippen molar-refractivity contribution in [3.8, 4) is 0 Å². The number of benzene rings is 3. The molecule has 6 rings (SSSR count). The summed E-state index contributed by atoms with van der Waals surface area (Å²) in [7, 11) is 3.75. The molecule has 4 aromatic rings.